The van der Waals surface area contributed by atoms with E-state index in [0.29, 0.717) is 19.6 Å². The number of likely N-dealkylation sites (tertiary alicyclic amines) is 2. The molecule has 10 heteroatoms. The van der Waals surface area contributed by atoms with Gasteiger partial charge in [0.1, 0.15) is 0 Å². The summed E-state index contributed by atoms with van der Waals surface area (Å²) in [5.74, 6) is 0.709. The van der Waals surface area contributed by atoms with Crippen LogP contribution in [0.1, 0.15) is 43.2 Å². The van der Waals surface area contributed by atoms with Crippen LogP contribution in [0.25, 0.3) is 0 Å². The Bertz CT molecular complexity index is 1390. The van der Waals surface area contributed by atoms with Crippen molar-refractivity contribution in [2.75, 3.05) is 51.3 Å². The molecule has 2 aromatic rings. The van der Waals surface area contributed by atoms with Gasteiger partial charge in [-0.2, -0.15) is 0 Å². The minimum atomic E-state index is -3.25. The van der Waals surface area contributed by atoms with Crippen LogP contribution in [0.4, 0.5) is 0 Å². The maximum atomic E-state index is 13.5. The maximum absolute atomic E-state index is 13.5. The fraction of sp³-hybridized carbons (Fsp3) is 0.552. The van der Waals surface area contributed by atoms with Crippen LogP contribution in [-0.4, -0.2) is 88.1 Å². The summed E-state index contributed by atoms with van der Waals surface area (Å²) in [5, 5.41) is 0. The quantitative estimate of drug-likeness (QED) is 0.482. The monoisotopic (exact) mass is 573 g/mol. The van der Waals surface area contributed by atoms with Crippen LogP contribution >= 0.6 is 0 Å². The second kappa shape index (κ2) is 11.0. The van der Waals surface area contributed by atoms with Gasteiger partial charge in [-0.05, 0) is 68.5 Å². The number of nitrogens with zero attached hydrogens (tertiary/aromatic N) is 3. The highest BCUT2D eigenvalue weighted by molar-refractivity contribution is 7.90. The van der Waals surface area contributed by atoms with Gasteiger partial charge in [0, 0.05) is 44.9 Å². The first-order valence-corrected chi connectivity index (χ1v) is 17.3. The lowest BCUT2D eigenvalue weighted by atomic mass is 9.76. The molecule has 0 radical (unpaired) electrons. The molecule has 3 aliphatic heterocycles. The van der Waals surface area contributed by atoms with E-state index in [1.54, 1.807) is 35.5 Å². The van der Waals surface area contributed by atoms with E-state index >= 15 is 0 Å². The zero-order chi connectivity index (χ0) is 27.8. The lowest BCUT2D eigenvalue weighted by molar-refractivity contribution is -0.139. The van der Waals surface area contributed by atoms with E-state index in [9.17, 15) is 21.6 Å². The number of sulfone groups is 1. The Kier molecular flexibility index (Phi) is 7.94. The molecule has 3 saturated heterocycles. The maximum Gasteiger partial charge on any atom is 0.229 e. The molecular formula is C29H39N3O5S2. The van der Waals surface area contributed by atoms with Gasteiger partial charge < -0.3 is 9.80 Å². The predicted octanol–water partition coefficient (Wildman–Crippen LogP) is 2.97. The van der Waals surface area contributed by atoms with Gasteiger partial charge in [-0.25, -0.2) is 21.1 Å². The summed E-state index contributed by atoms with van der Waals surface area (Å²) in [5.41, 5.74) is 1.80. The third kappa shape index (κ3) is 5.94. The summed E-state index contributed by atoms with van der Waals surface area (Å²) in [7, 11) is -6.49. The molecule has 5 rings (SSSR count). The number of benzene rings is 2. The first-order valence-electron chi connectivity index (χ1n) is 13.8. The Morgan fingerprint density at radius 2 is 1.51 bits per heavy atom. The van der Waals surface area contributed by atoms with E-state index in [1.807, 2.05) is 23.1 Å². The zero-order valence-corrected chi connectivity index (χ0v) is 24.5. The molecule has 3 fully saturated rings. The van der Waals surface area contributed by atoms with Gasteiger partial charge in [-0.1, -0.05) is 42.5 Å². The predicted molar refractivity (Wildman–Crippen MR) is 151 cm³/mol. The second-order valence-electron chi connectivity index (χ2n) is 11.5. The third-order valence-corrected chi connectivity index (χ3v) is 12.0. The van der Waals surface area contributed by atoms with Crippen molar-refractivity contribution in [3.05, 3.63) is 65.7 Å². The fourth-order valence-corrected chi connectivity index (χ4v) is 8.37. The van der Waals surface area contributed by atoms with E-state index in [1.165, 1.54) is 11.8 Å². The molecule has 39 heavy (non-hydrogen) atoms. The lowest BCUT2D eigenvalue weighted by Crippen LogP contribution is -2.46. The number of amides is 1. The number of hydrogen-bond acceptors (Lipinski definition) is 6. The Balaban J connectivity index is 1.21. The van der Waals surface area contributed by atoms with Crippen molar-refractivity contribution in [3.8, 4) is 0 Å². The van der Waals surface area contributed by atoms with Crippen LogP contribution in [0.2, 0.25) is 0 Å². The summed E-state index contributed by atoms with van der Waals surface area (Å²) in [6.45, 7) is 6.49. The molecule has 8 nitrogen and oxygen atoms in total. The summed E-state index contributed by atoms with van der Waals surface area (Å²) >= 11 is 0. The first kappa shape index (κ1) is 28.3. The highest BCUT2D eigenvalue weighted by atomic mass is 32.2. The Labute approximate surface area is 233 Å². The average Bonchev–Trinajstić information content (AvgIpc) is 3.48. The third-order valence-electron chi connectivity index (χ3n) is 9.03. The van der Waals surface area contributed by atoms with E-state index in [0.717, 1.165) is 51.0 Å². The molecule has 1 unspecified atom stereocenters. The van der Waals surface area contributed by atoms with E-state index in [4.69, 9.17) is 0 Å². The van der Waals surface area contributed by atoms with Crippen LogP contribution in [0, 0.1) is 11.3 Å². The fourth-order valence-electron chi connectivity index (χ4n) is 6.57. The minimum Gasteiger partial charge on any atom is -0.338 e. The number of carbonyl (C=O) groups is 1. The normalized spacial score (nSPS) is 24.6. The van der Waals surface area contributed by atoms with Crippen LogP contribution in [0.3, 0.4) is 0 Å². The van der Waals surface area contributed by atoms with Crippen LogP contribution < -0.4 is 0 Å². The first-order chi connectivity index (χ1) is 18.5. The summed E-state index contributed by atoms with van der Waals surface area (Å²) in [4.78, 5) is 18.2. The summed E-state index contributed by atoms with van der Waals surface area (Å²) < 4.78 is 50.5. The molecule has 0 saturated carbocycles. The smallest absolute Gasteiger partial charge is 0.229 e. The highest BCUT2D eigenvalue weighted by Crippen LogP contribution is 2.43. The van der Waals surface area contributed by atoms with Crippen LogP contribution in [0.5, 0.6) is 0 Å². The van der Waals surface area contributed by atoms with Gasteiger partial charge in [-0.15, -0.1) is 0 Å². The minimum absolute atomic E-state index is 0.119. The SMILES string of the molecule is CCS(=O)(=O)N1CC(c2ccccc2)[C@@H](CN2CCC3(CC2)CCN(Cc2ccc(S(C)(=O)=O)cc2)C3=O)C1. The highest BCUT2D eigenvalue weighted by Gasteiger charge is 2.48. The van der Waals surface area contributed by atoms with Gasteiger partial charge in [0.15, 0.2) is 9.84 Å². The Hall–Kier alpha value is -2.27. The van der Waals surface area contributed by atoms with Gasteiger partial charge in [-0.3, -0.25) is 4.79 Å². The molecule has 212 valence electrons. The van der Waals surface area contributed by atoms with Crippen LogP contribution in [-0.2, 0) is 31.2 Å². The molecule has 0 aromatic heterocycles. The lowest BCUT2D eigenvalue weighted by Gasteiger charge is -2.39. The summed E-state index contributed by atoms with van der Waals surface area (Å²) in [6.07, 6.45) is 3.67. The van der Waals surface area contributed by atoms with Gasteiger partial charge in [0.05, 0.1) is 16.1 Å². The van der Waals surface area contributed by atoms with Gasteiger partial charge in [0.2, 0.25) is 15.9 Å². The molecule has 3 aliphatic rings. The Morgan fingerprint density at radius 1 is 0.872 bits per heavy atom. The van der Waals surface area contributed by atoms with E-state index < -0.39 is 19.9 Å². The molecule has 0 N–H and O–H groups in total. The van der Waals surface area contributed by atoms with Crippen molar-refractivity contribution in [1.29, 1.82) is 0 Å². The Morgan fingerprint density at radius 3 is 2.13 bits per heavy atom. The second-order valence-corrected chi connectivity index (χ2v) is 15.7. The number of sulfonamides is 1. The van der Waals surface area contributed by atoms with Crippen molar-refractivity contribution in [1.82, 2.24) is 14.1 Å². The van der Waals surface area contributed by atoms with Crippen molar-refractivity contribution < 1.29 is 21.6 Å². The van der Waals surface area contributed by atoms with Crippen molar-refractivity contribution in [2.24, 2.45) is 11.3 Å². The zero-order valence-electron chi connectivity index (χ0n) is 22.8. The molecule has 2 atom stereocenters. The number of piperidine rings is 1. The number of rotatable bonds is 8. The van der Waals surface area contributed by atoms with E-state index in [2.05, 4.69) is 17.0 Å². The molecule has 1 spiro atoms. The molecule has 0 bridgehead atoms. The molecule has 2 aromatic carbocycles. The molecule has 0 aliphatic carbocycles. The van der Waals surface area contributed by atoms with Gasteiger partial charge >= 0.3 is 0 Å². The van der Waals surface area contributed by atoms with Crippen molar-refractivity contribution >= 4 is 25.8 Å². The largest absolute Gasteiger partial charge is 0.338 e. The number of hydrogen-bond donors (Lipinski definition) is 0. The standard InChI is InChI=1S/C29H39N3O5S2/c1-3-39(36,37)32-21-25(27(22-32)24-7-5-4-6-8-24)20-30-16-13-29(14-17-30)15-18-31(28(29)33)19-23-9-11-26(12-10-23)38(2,34)35/h4-12,25,27H,3,13-22H2,1-2H3/t25-,27?/m0/s1. The molecular weight excluding hydrogens is 534 g/mol. The van der Waals surface area contributed by atoms with Crippen molar-refractivity contribution in [3.63, 3.8) is 0 Å². The van der Waals surface area contributed by atoms with Gasteiger partial charge in [0.25, 0.3) is 0 Å². The van der Waals surface area contributed by atoms with Crippen molar-refractivity contribution in [2.45, 2.75) is 43.5 Å². The average molecular weight is 574 g/mol. The van der Waals surface area contributed by atoms with Crippen LogP contribution in [0.15, 0.2) is 59.5 Å². The van der Waals surface area contributed by atoms with E-state index in [-0.39, 0.29) is 33.8 Å². The molecule has 1 amide bonds. The summed E-state index contributed by atoms with van der Waals surface area (Å²) in [6, 6.07) is 17.0. The topological polar surface area (TPSA) is 95.1 Å². The number of carbonyl (C=O) groups excluding carboxylic acids is 1. The molecule has 3 heterocycles.